The molecule has 0 aliphatic carbocycles. The molecule has 0 aromatic rings. The molecule has 13 heavy (non-hydrogen) atoms. The van der Waals surface area contributed by atoms with Crippen LogP contribution in [0.25, 0.3) is 0 Å². The summed E-state index contributed by atoms with van der Waals surface area (Å²) in [6.45, 7) is 0.975. The molecule has 2 N–H and O–H groups in total. The SMILES string of the molecule is OCC(O)CSCC1CCOCO1. The van der Waals surface area contributed by atoms with E-state index in [-0.39, 0.29) is 12.7 Å². The van der Waals surface area contributed by atoms with Crippen molar-refractivity contribution in [1.29, 1.82) is 0 Å². The summed E-state index contributed by atoms with van der Waals surface area (Å²) in [4.78, 5) is 0. The molecule has 2 unspecified atom stereocenters. The largest absolute Gasteiger partial charge is 0.394 e. The number of hydrogen-bond donors (Lipinski definition) is 2. The van der Waals surface area contributed by atoms with Crippen LogP contribution in [-0.4, -0.2) is 53.9 Å². The van der Waals surface area contributed by atoms with Crippen LogP contribution in [0.3, 0.4) is 0 Å². The van der Waals surface area contributed by atoms with Gasteiger partial charge >= 0.3 is 0 Å². The highest BCUT2D eigenvalue weighted by atomic mass is 32.2. The summed E-state index contributed by atoms with van der Waals surface area (Å²) in [5, 5.41) is 17.6. The minimum atomic E-state index is -0.607. The average molecular weight is 208 g/mol. The summed E-state index contributed by atoms with van der Waals surface area (Å²) in [5.74, 6) is 1.43. The van der Waals surface area contributed by atoms with E-state index in [2.05, 4.69) is 0 Å². The van der Waals surface area contributed by atoms with Gasteiger partial charge in [-0.15, -0.1) is 0 Å². The van der Waals surface area contributed by atoms with Gasteiger partial charge in [-0.2, -0.15) is 11.8 Å². The second kappa shape index (κ2) is 6.62. The van der Waals surface area contributed by atoms with Gasteiger partial charge in [-0.05, 0) is 6.42 Å². The lowest BCUT2D eigenvalue weighted by atomic mass is 10.3. The van der Waals surface area contributed by atoms with E-state index < -0.39 is 6.10 Å². The van der Waals surface area contributed by atoms with Gasteiger partial charge in [-0.25, -0.2) is 0 Å². The van der Waals surface area contributed by atoms with Crippen molar-refractivity contribution in [3.05, 3.63) is 0 Å². The van der Waals surface area contributed by atoms with Gasteiger partial charge in [0.1, 0.15) is 6.79 Å². The Labute approximate surface area is 82.2 Å². The molecule has 1 aliphatic rings. The average Bonchev–Trinajstić information content (AvgIpc) is 2.19. The van der Waals surface area contributed by atoms with Crippen LogP contribution in [0, 0.1) is 0 Å². The van der Waals surface area contributed by atoms with E-state index in [4.69, 9.17) is 19.7 Å². The molecule has 0 saturated carbocycles. The van der Waals surface area contributed by atoms with E-state index in [1.54, 1.807) is 11.8 Å². The predicted octanol–water partition coefficient (Wildman–Crippen LogP) is -0.164. The summed E-state index contributed by atoms with van der Waals surface area (Å²) in [6, 6.07) is 0. The Kier molecular flexibility index (Phi) is 5.73. The summed E-state index contributed by atoms with van der Waals surface area (Å²) in [7, 11) is 0. The Balaban J connectivity index is 1.98. The molecule has 0 amide bonds. The summed E-state index contributed by atoms with van der Waals surface area (Å²) in [5.41, 5.74) is 0. The number of hydrogen-bond acceptors (Lipinski definition) is 5. The van der Waals surface area contributed by atoms with Crippen LogP contribution in [-0.2, 0) is 9.47 Å². The van der Waals surface area contributed by atoms with Crippen molar-refractivity contribution < 1.29 is 19.7 Å². The molecule has 1 fully saturated rings. The summed E-state index contributed by atoms with van der Waals surface area (Å²) < 4.78 is 10.3. The number of ether oxygens (including phenoxy) is 2. The van der Waals surface area contributed by atoms with Crippen molar-refractivity contribution in [3.63, 3.8) is 0 Å². The van der Waals surface area contributed by atoms with E-state index in [1.165, 1.54) is 0 Å². The van der Waals surface area contributed by atoms with Crippen molar-refractivity contribution in [2.75, 3.05) is 31.5 Å². The molecular weight excluding hydrogens is 192 g/mol. The quantitative estimate of drug-likeness (QED) is 0.657. The lowest BCUT2D eigenvalue weighted by Gasteiger charge is -2.22. The Hall–Kier alpha value is 0.190. The van der Waals surface area contributed by atoms with Crippen LogP contribution in [0.1, 0.15) is 6.42 Å². The Bertz CT molecular complexity index is 127. The Morgan fingerprint density at radius 2 is 2.38 bits per heavy atom. The van der Waals surface area contributed by atoms with Gasteiger partial charge in [0.15, 0.2) is 0 Å². The zero-order valence-corrected chi connectivity index (χ0v) is 8.33. The van der Waals surface area contributed by atoms with Crippen LogP contribution in [0.4, 0.5) is 0 Å². The molecule has 0 radical (unpaired) electrons. The molecule has 0 aromatic carbocycles. The van der Waals surface area contributed by atoms with E-state index in [0.29, 0.717) is 12.5 Å². The molecule has 78 valence electrons. The third-order valence-corrected chi connectivity index (χ3v) is 3.02. The smallest absolute Gasteiger partial charge is 0.147 e. The maximum atomic E-state index is 9.05. The van der Waals surface area contributed by atoms with Gasteiger partial charge in [0, 0.05) is 11.5 Å². The number of aliphatic hydroxyl groups is 2. The molecule has 4 nitrogen and oxygen atoms in total. The molecule has 1 aliphatic heterocycles. The first kappa shape index (κ1) is 11.3. The third kappa shape index (κ3) is 4.83. The first-order chi connectivity index (χ1) is 6.33. The van der Waals surface area contributed by atoms with Gasteiger partial charge in [0.2, 0.25) is 0 Å². The lowest BCUT2D eigenvalue weighted by Crippen LogP contribution is -2.26. The molecule has 1 rings (SSSR count). The second-order valence-corrected chi connectivity index (χ2v) is 4.05. The van der Waals surface area contributed by atoms with Gasteiger partial charge < -0.3 is 19.7 Å². The van der Waals surface area contributed by atoms with E-state index in [9.17, 15) is 0 Å². The highest BCUT2D eigenvalue weighted by Gasteiger charge is 2.14. The van der Waals surface area contributed by atoms with Crippen LogP contribution >= 0.6 is 11.8 Å². The standard InChI is InChI=1S/C8H16O4S/c9-3-7(10)4-13-5-8-1-2-11-6-12-8/h7-10H,1-6H2. The van der Waals surface area contributed by atoms with Crippen molar-refractivity contribution in [1.82, 2.24) is 0 Å². The van der Waals surface area contributed by atoms with E-state index in [1.807, 2.05) is 0 Å². The Morgan fingerprint density at radius 1 is 1.54 bits per heavy atom. The van der Waals surface area contributed by atoms with E-state index in [0.717, 1.165) is 18.8 Å². The fourth-order valence-electron chi connectivity index (χ4n) is 1.02. The Morgan fingerprint density at radius 3 is 3.00 bits per heavy atom. The van der Waals surface area contributed by atoms with Crippen molar-refractivity contribution >= 4 is 11.8 Å². The molecule has 0 bridgehead atoms. The van der Waals surface area contributed by atoms with Crippen LogP contribution in [0.5, 0.6) is 0 Å². The van der Waals surface area contributed by atoms with Crippen molar-refractivity contribution in [2.45, 2.75) is 18.6 Å². The topological polar surface area (TPSA) is 58.9 Å². The van der Waals surface area contributed by atoms with Crippen molar-refractivity contribution in [2.24, 2.45) is 0 Å². The number of aliphatic hydroxyl groups excluding tert-OH is 2. The first-order valence-corrected chi connectivity index (χ1v) is 5.54. The zero-order chi connectivity index (χ0) is 9.52. The van der Waals surface area contributed by atoms with Crippen LogP contribution in [0.2, 0.25) is 0 Å². The molecule has 1 saturated heterocycles. The summed E-state index contributed by atoms with van der Waals surface area (Å²) in [6.07, 6.45) is 0.553. The maximum absolute atomic E-state index is 9.05. The zero-order valence-electron chi connectivity index (χ0n) is 7.52. The fourth-order valence-corrected chi connectivity index (χ4v) is 2.06. The number of rotatable bonds is 5. The highest BCUT2D eigenvalue weighted by Crippen LogP contribution is 2.13. The van der Waals surface area contributed by atoms with Crippen LogP contribution < -0.4 is 0 Å². The second-order valence-electron chi connectivity index (χ2n) is 2.98. The van der Waals surface area contributed by atoms with Gasteiger partial charge in [0.25, 0.3) is 0 Å². The van der Waals surface area contributed by atoms with Gasteiger partial charge in [-0.3, -0.25) is 0 Å². The molecule has 5 heteroatoms. The molecular formula is C8H16O4S. The minimum absolute atomic E-state index is 0.165. The van der Waals surface area contributed by atoms with Gasteiger partial charge in [0.05, 0.1) is 25.4 Å². The number of thioether (sulfide) groups is 1. The normalized spacial score (nSPS) is 25.8. The third-order valence-electron chi connectivity index (χ3n) is 1.80. The molecule has 0 aromatic heterocycles. The lowest BCUT2D eigenvalue weighted by molar-refractivity contribution is -0.130. The minimum Gasteiger partial charge on any atom is -0.394 e. The van der Waals surface area contributed by atoms with Crippen molar-refractivity contribution in [3.8, 4) is 0 Å². The fraction of sp³-hybridized carbons (Fsp3) is 1.00. The first-order valence-electron chi connectivity index (χ1n) is 4.39. The van der Waals surface area contributed by atoms with Crippen LogP contribution in [0.15, 0.2) is 0 Å². The highest BCUT2D eigenvalue weighted by molar-refractivity contribution is 7.99. The molecule has 0 spiro atoms. The monoisotopic (exact) mass is 208 g/mol. The molecule has 2 atom stereocenters. The predicted molar refractivity (Wildman–Crippen MR) is 50.7 cm³/mol. The maximum Gasteiger partial charge on any atom is 0.147 e. The van der Waals surface area contributed by atoms with E-state index >= 15 is 0 Å². The summed E-state index contributed by atoms with van der Waals surface area (Å²) >= 11 is 1.60. The molecule has 1 heterocycles. The van der Waals surface area contributed by atoms with Gasteiger partial charge in [-0.1, -0.05) is 0 Å².